The van der Waals surface area contributed by atoms with E-state index >= 15 is 0 Å². The third-order valence-electron chi connectivity index (χ3n) is 2.38. The Morgan fingerprint density at radius 1 is 0.423 bits per heavy atom. The van der Waals surface area contributed by atoms with Crippen LogP contribution in [0.15, 0.2) is 0 Å². The van der Waals surface area contributed by atoms with Gasteiger partial charge in [-0.05, 0) is 0 Å². The first-order chi connectivity index (χ1) is 11.9. The van der Waals surface area contributed by atoms with E-state index in [0.717, 1.165) is 0 Å². The fourth-order valence-corrected chi connectivity index (χ4v) is 1.50. The van der Waals surface area contributed by atoms with Crippen molar-refractivity contribution in [3.05, 3.63) is 60.7 Å². The van der Waals surface area contributed by atoms with Crippen molar-refractivity contribution in [3.63, 3.8) is 0 Å². The largest absolute Gasteiger partial charge is 0.271 e. The van der Waals surface area contributed by atoms with Gasteiger partial charge in [-0.1, -0.05) is 0 Å². The second-order valence-corrected chi connectivity index (χ2v) is 3.74. The number of hydrogen-bond donors (Lipinski definition) is 0. The molecule has 0 aromatic heterocycles. The SMILES string of the molecule is O=[N+]([O-])N1CN([N+](=O)[O-])N([N+](=O)[O-])N([N+](=O)[O-])CN([N+](=O)[O-])N1[N+](=O)[O-]. The van der Waals surface area contributed by atoms with Gasteiger partial charge in [-0.15, -0.1) is 0 Å². The first-order valence-electron chi connectivity index (χ1n) is 5.46. The summed E-state index contributed by atoms with van der Waals surface area (Å²) in [7, 11) is 0. The van der Waals surface area contributed by atoms with Gasteiger partial charge in [-0.25, -0.2) is 60.7 Å². The lowest BCUT2D eigenvalue weighted by atomic mass is 11.0. The van der Waals surface area contributed by atoms with Crippen LogP contribution in [-0.2, 0) is 0 Å². The summed E-state index contributed by atoms with van der Waals surface area (Å²) in [6.45, 7) is -4.01. The average Bonchev–Trinajstić information content (AvgIpc) is 2.44. The summed E-state index contributed by atoms with van der Waals surface area (Å²) in [6.07, 6.45) is 0. The molecule has 0 bridgehead atoms. The lowest BCUT2D eigenvalue weighted by molar-refractivity contribution is -0.981. The predicted molar refractivity (Wildman–Crippen MR) is 62.7 cm³/mol. The van der Waals surface area contributed by atoms with Crippen molar-refractivity contribution in [2.24, 2.45) is 0 Å². The van der Waals surface area contributed by atoms with E-state index in [9.17, 15) is 60.7 Å². The van der Waals surface area contributed by atoms with Crippen LogP contribution in [0, 0.1) is 60.7 Å². The van der Waals surface area contributed by atoms with Crippen LogP contribution in [0.2, 0.25) is 0 Å². The third kappa shape index (κ3) is 3.41. The fraction of sp³-hybridized carbons (Fsp3) is 1.00. The number of hydrazine groups is 10. The van der Waals surface area contributed by atoms with Gasteiger partial charge in [0.05, 0.1) is 20.5 Å². The molecule has 0 saturated carbocycles. The van der Waals surface area contributed by atoms with Crippen molar-refractivity contribution in [1.29, 1.82) is 0 Å². The van der Waals surface area contributed by atoms with Crippen molar-refractivity contribution < 1.29 is 30.2 Å². The summed E-state index contributed by atoms with van der Waals surface area (Å²) in [5.74, 6) is 0. The van der Waals surface area contributed by atoms with E-state index in [4.69, 9.17) is 0 Å². The molecule has 24 nitrogen and oxygen atoms in total. The number of hydrogen-bond acceptors (Lipinski definition) is 12. The molecule has 0 amide bonds. The predicted octanol–water partition coefficient (Wildman–Crippen LogP) is -3.46. The highest BCUT2D eigenvalue weighted by Gasteiger charge is 2.59. The van der Waals surface area contributed by atoms with Crippen molar-refractivity contribution in [1.82, 2.24) is 30.9 Å². The van der Waals surface area contributed by atoms with Gasteiger partial charge in [0, 0.05) is 0 Å². The Kier molecular flexibility index (Phi) is 5.00. The Bertz CT molecular complexity index is 565. The maximum Gasteiger partial charge on any atom is 0.271 e. The van der Waals surface area contributed by atoms with Crippen LogP contribution in [0.4, 0.5) is 0 Å². The van der Waals surface area contributed by atoms with E-state index in [-0.39, 0.29) is 0 Å². The normalized spacial score (nSPS) is 15.2. The van der Waals surface area contributed by atoms with E-state index in [1.54, 1.807) is 0 Å². The maximum absolute atomic E-state index is 10.9. The van der Waals surface area contributed by atoms with Crippen LogP contribution in [0.5, 0.6) is 0 Å². The monoisotopic (exact) mass is 388 g/mol. The van der Waals surface area contributed by atoms with Gasteiger partial charge >= 0.3 is 0 Å². The third-order valence-corrected chi connectivity index (χ3v) is 2.38. The Balaban J connectivity index is 3.65. The second kappa shape index (κ2) is 6.76. The quantitative estimate of drug-likeness (QED) is 0.315. The molecule has 0 atom stereocenters. The Labute approximate surface area is 136 Å². The molecule has 144 valence electrons. The van der Waals surface area contributed by atoms with Gasteiger partial charge in [-0.3, -0.25) is 0 Å². The molecule has 0 N–H and O–H groups in total. The minimum Gasteiger partial charge on any atom is -0.233 e. The zero-order chi connectivity index (χ0) is 20.3. The molecular weight excluding hydrogens is 384 g/mol. The Hall–Kier alpha value is -4.80. The van der Waals surface area contributed by atoms with Gasteiger partial charge in [0.1, 0.15) is 0 Å². The number of nitro groups is 6. The maximum atomic E-state index is 10.9. The van der Waals surface area contributed by atoms with Crippen LogP contribution in [0.3, 0.4) is 0 Å². The molecule has 0 aliphatic carbocycles. The summed E-state index contributed by atoms with van der Waals surface area (Å²) < 4.78 is 0. The molecule has 26 heavy (non-hydrogen) atoms. The molecule has 0 aromatic carbocycles. The molecule has 0 unspecified atom stereocenters. The topological polar surface area (TPSA) is 278 Å². The first-order valence-corrected chi connectivity index (χ1v) is 5.46. The van der Waals surface area contributed by atoms with Gasteiger partial charge in [0.25, 0.3) is 13.3 Å². The molecule has 0 spiro atoms. The number of nitrogens with zero attached hydrogens (tertiary/aromatic N) is 12. The van der Waals surface area contributed by atoms with E-state index in [1.165, 1.54) is 0 Å². The summed E-state index contributed by atoms with van der Waals surface area (Å²) >= 11 is 0. The average molecular weight is 388 g/mol. The van der Waals surface area contributed by atoms with Crippen molar-refractivity contribution in [3.8, 4) is 0 Å². The zero-order valence-corrected chi connectivity index (χ0v) is 11.7. The van der Waals surface area contributed by atoms with E-state index in [1.807, 2.05) is 0 Å². The zero-order valence-electron chi connectivity index (χ0n) is 11.7. The lowest BCUT2D eigenvalue weighted by Gasteiger charge is -2.30. The van der Waals surface area contributed by atoms with Crippen LogP contribution in [0.1, 0.15) is 0 Å². The van der Waals surface area contributed by atoms with E-state index in [2.05, 4.69) is 0 Å². The summed E-state index contributed by atoms with van der Waals surface area (Å²) in [6, 6.07) is 0. The van der Waals surface area contributed by atoms with Crippen LogP contribution < -0.4 is 0 Å². The minimum atomic E-state index is -2.00. The van der Waals surface area contributed by atoms with Gasteiger partial charge in [-0.2, -0.15) is 0 Å². The van der Waals surface area contributed by atoms with Gasteiger partial charge in [0.2, 0.25) is 10.1 Å². The highest BCUT2D eigenvalue weighted by atomic mass is 16.8. The molecule has 1 aliphatic rings. The van der Waals surface area contributed by atoms with Crippen LogP contribution in [0.25, 0.3) is 0 Å². The first kappa shape index (κ1) is 19.2. The molecule has 1 heterocycles. The standard InChI is InChI=1S/C2H4N12O12/c15-9(16)3-1-4(10(17)18)8(14(25)26)6(12(21)22)2-5(11(19)20)7(3)13(23)24/h1-2H2. The second-order valence-electron chi connectivity index (χ2n) is 3.74. The molecule has 1 rings (SSSR count). The molecular formula is C2H4N12O12. The summed E-state index contributed by atoms with van der Waals surface area (Å²) in [5.41, 5.74) is 0. The lowest BCUT2D eigenvalue weighted by Crippen LogP contribution is -2.72. The van der Waals surface area contributed by atoms with E-state index < -0.39 is 74.5 Å². The number of rotatable bonds is 6. The molecule has 1 fully saturated rings. The molecule has 1 aliphatic heterocycles. The molecule has 24 heteroatoms. The summed E-state index contributed by atoms with van der Waals surface area (Å²) in [5, 5.41) is 49.5. The van der Waals surface area contributed by atoms with Crippen LogP contribution in [-0.4, -0.2) is 74.5 Å². The summed E-state index contributed by atoms with van der Waals surface area (Å²) in [4.78, 5) is 65.5. The van der Waals surface area contributed by atoms with E-state index in [0.29, 0.717) is 0 Å². The highest BCUT2D eigenvalue weighted by molar-refractivity contribution is 4.39. The molecule has 1 saturated heterocycles. The van der Waals surface area contributed by atoms with Gasteiger partial charge < -0.3 is 0 Å². The highest BCUT2D eigenvalue weighted by Crippen LogP contribution is 2.16. The molecule has 0 radical (unpaired) electrons. The Morgan fingerprint density at radius 2 is 0.615 bits per heavy atom. The fourth-order valence-electron chi connectivity index (χ4n) is 1.50. The van der Waals surface area contributed by atoms with Gasteiger partial charge in [0.15, 0.2) is 30.6 Å². The Morgan fingerprint density at radius 3 is 0.731 bits per heavy atom. The van der Waals surface area contributed by atoms with Crippen molar-refractivity contribution >= 4 is 0 Å². The van der Waals surface area contributed by atoms with Crippen molar-refractivity contribution in [2.45, 2.75) is 0 Å². The molecule has 0 aromatic rings. The van der Waals surface area contributed by atoms with Crippen LogP contribution >= 0.6 is 0 Å². The smallest absolute Gasteiger partial charge is 0.233 e. The van der Waals surface area contributed by atoms with Crippen molar-refractivity contribution in [2.75, 3.05) is 13.3 Å². The minimum absolute atomic E-state index is 0.862.